The van der Waals surface area contributed by atoms with Gasteiger partial charge in [-0.1, -0.05) is 29.8 Å². The number of hydrogen-bond donors (Lipinski definition) is 1. The van der Waals surface area contributed by atoms with Crippen molar-refractivity contribution < 1.29 is 5.11 Å². The van der Waals surface area contributed by atoms with Crippen molar-refractivity contribution in [1.29, 1.82) is 0 Å². The van der Waals surface area contributed by atoms with Gasteiger partial charge in [0, 0.05) is 24.6 Å². The van der Waals surface area contributed by atoms with E-state index in [1.54, 1.807) is 0 Å². The van der Waals surface area contributed by atoms with Crippen molar-refractivity contribution in [3.05, 3.63) is 35.4 Å². The number of aryl methyl sites for hydroxylation is 1. The van der Waals surface area contributed by atoms with E-state index >= 15 is 0 Å². The average molecular weight is 245 g/mol. The fourth-order valence-corrected chi connectivity index (χ4v) is 4.02. The molecule has 0 saturated carbocycles. The number of benzene rings is 1. The highest BCUT2D eigenvalue weighted by atomic mass is 16.3. The van der Waals surface area contributed by atoms with Gasteiger partial charge >= 0.3 is 0 Å². The second-order valence-corrected chi connectivity index (χ2v) is 6.06. The van der Waals surface area contributed by atoms with Crippen molar-refractivity contribution in [3.63, 3.8) is 0 Å². The van der Waals surface area contributed by atoms with E-state index in [0.29, 0.717) is 24.5 Å². The Balaban J connectivity index is 1.89. The maximum absolute atomic E-state index is 9.79. The molecular formula is C16H23NO. The van der Waals surface area contributed by atoms with Crippen molar-refractivity contribution >= 4 is 0 Å². The van der Waals surface area contributed by atoms with Crippen molar-refractivity contribution in [2.75, 3.05) is 13.7 Å². The molecule has 0 radical (unpaired) electrons. The monoisotopic (exact) mass is 245 g/mol. The Hall–Kier alpha value is -0.860. The Kier molecular flexibility index (Phi) is 3.16. The topological polar surface area (TPSA) is 23.5 Å². The lowest BCUT2D eigenvalue weighted by Gasteiger charge is -2.42. The van der Waals surface area contributed by atoms with Crippen LogP contribution in [-0.2, 0) is 0 Å². The van der Waals surface area contributed by atoms with Gasteiger partial charge in [0.2, 0.25) is 0 Å². The molecule has 0 aromatic heterocycles. The van der Waals surface area contributed by atoms with Crippen LogP contribution in [-0.4, -0.2) is 35.7 Å². The zero-order valence-corrected chi connectivity index (χ0v) is 11.3. The molecule has 2 heteroatoms. The Bertz CT molecular complexity index is 414. The molecular weight excluding hydrogens is 222 g/mol. The summed E-state index contributed by atoms with van der Waals surface area (Å²) in [6.45, 7) is 2.45. The van der Waals surface area contributed by atoms with Gasteiger partial charge in [-0.15, -0.1) is 0 Å². The van der Waals surface area contributed by atoms with Crippen LogP contribution in [0.15, 0.2) is 24.3 Å². The van der Waals surface area contributed by atoms with E-state index in [9.17, 15) is 5.11 Å². The van der Waals surface area contributed by atoms with Gasteiger partial charge < -0.3 is 10.0 Å². The number of rotatable bonds is 2. The molecule has 2 nitrogen and oxygen atoms in total. The molecule has 2 aliphatic rings. The summed E-state index contributed by atoms with van der Waals surface area (Å²) in [6, 6.07) is 10.2. The predicted octanol–water partition coefficient (Wildman–Crippen LogP) is 2.55. The summed E-state index contributed by atoms with van der Waals surface area (Å²) in [4.78, 5) is 2.51. The predicted molar refractivity (Wildman–Crippen MR) is 73.7 cm³/mol. The molecule has 1 aromatic carbocycles. The first-order chi connectivity index (χ1) is 8.70. The maximum Gasteiger partial charge on any atom is 0.0480 e. The number of piperidine rings is 1. The molecule has 2 saturated heterocycles. The lowest BCUT2D eigenvalue weighted by atomic mass is 9.76. The van der Waals surface area contributed by atoms with E-state index in [2.05, 4.69) is 43.1 Å². The lowest BCUT2D eigenvalue weighted by molar-refractivity contribution is 0.0592. The molecule has 1 N–H and O–H groups in total. The van der Waals surface area contributed by atoms with Crippen LogP contribution >= 0.6 is 0 Å². The van der Waals surface area contributed by atoms with Crippen molar-refractivity contribution in [2.24, 2.45) is 5.92 Å². The number of fused-ring (bicyclic) bond motifs is 2. The van der Waals surface area contributed by atoms with Crippen LogP contribution in [0.2, 0.25) is 0 Å². The van der Waals surface area contributed by atoms with Crippen LogP contribution in [0.4, 0.5) is 0 Å². The standard InChI is InChI=1S/C16H23NO/c1-11-3-5-12(6-4-11)14-9-13-7-8-16(17(13)2)15(14)10-18/h3-6,13-16,18H,7-10H2,1-2H3/t13-,14+,15-,16+/m0/s1. The summed E-state index contributed by atoms with van der Waals surface area (Å²) in [5, 5.41) is 9.79. The number of nitrogens with zero attached hydrogens (tertiary/aromatic N) is 1. The van der Waals surface area contributed by atoms with Gasteiger partial charge in [-0.05, 0) is 44.7 Å². The Morgan fingerprint density at radius 2 is 1.94 bits per heavy atom. The van der Waals surface area contributed by atoms with E-state index in [1.165, 1.54) is 30.4 Å². The van der Waals surface area contributed by atoms with E-state index in [1.807, 2.05) is 0 Å². The van der Waals surface area contributed by atoms with Crippen molar-refractivity contribution in [3.8, 4) is 0 Å². The molecule has 0 spiro atoms. The molecule has 2 heterocycles. The third-order valence-corrected chi connectivity index (χ3v) is 5.15. The minimum Gasteiger partial charge on any atom is -0.396 e. The summed E-state index contributed by atoms with van der Waals surface area (Å²) < 4.78 is 0. The quantitative estimate of drug-likeness (QED) is 0.865. The molecule has 4 atom stereocenters. The molecule has 1 aromatic rings. The Morgan fingerprint density at radius 3 is 2.61 bits per heavy atom. The molecule has 0 aliphatic carbocycles. The van der Waals surface area contributed by atoms with Crippen LogP contribution in [0, 0.1) is 12.8 Å². The first-order valence-corrected chi connectivity index (χ1v) is 7.10. The summed E-state index contributed by atoms with van der Waals surface area (Å²) in [5.41, 5.74) is 2.74. The number of aliphatic hydroxyl groups excluding tert-OH is 1. The number of hydrogen-bond acceptors (Lipinski definition) is 2. The molecule has 98 valence electrons. The maximum atomic E-state index is 9.79. The molecule has 2 aliphatic heterocycles. The Labute approximate surface area is 110 Å². The highest BCUT2D eigenvalue weighted by Crippen LogP contribution is 2.45. The molecule has 2 bridgehead atoms. The zero-order chi connectivity index (χ0) is 12.7. The molecule has 18 heavy (non-hydrogen) atoms. The summed E-state index contributed by atoms with van der Waals surface area (Å²) in [7, 11) is 2.23. The van der Waals surface area contributed by atoms with E-state index in [-0.39, 0.29) is 0 Å². The van der Waals surface area contributed by atoms with Crippen LogP contribution in [0.5, 0.6) is 0 Å². The van der Waals surface area contributed by atoms with Gasteiger partial charge in [-0.3, -0.25) is 0 Å². The minimum atomic E-state index is 0.320. The van der Waals surface area contributed by atoms with Gasteiger partial charge in [0.05, 0.1) is 0 Å². The van der Waals surface area contributed by atoms with Crippen molar-refractivity contribution in [2.45, 2.75) is 44.2 Å². The molecule has 0 amide bonds. The molecule has 2 fully saturated rings. The average Bonchev–Trinajstić information content (AvgIpc) is 2.63. The first kappa shape index (κ1) is 12.2. The lowest BCUT2D eigenvalue weighted by Crippen LogP contribution is -2.47. The SMILES string of the molecule is Cc1ccc([C@H]2C[C@@H]3CC[C@H]([C@H]2CO)N3C)cc1. The summed E-state index contributed by atoms with van der Waals surface area (Å²) >= 11 is 0. The fraction of sp³-hybridized carbons (Fsp3) is 0.625. The fourth-order valence-electron chi connectivity index (χ4n) is 4.02. The van der Waals surface area contributed by atoms with Crippen LogP contribution < -0.4 is 0 Å². The summed E-state index contributed by atoms with van der Waals surface area (Å²) in [6.07, 6.45) is 3.77. The van der Waals surface area contributed by atoms with Gasteiger partial charge in [0.15, 0.2) is 0 Å². The largest absolute Gasteiger partial charge is 0.396 e. The third kappa shape index (κ3) is 1.88. The minimum absolute atomic E-state index is 0.320. The van der Waals surface area contributed by atoms with E-state index in [0.717, 1.165) is 6.04 Å². The zero-order valence-electron chi connectivity index (χ0n) is 11.3. The third-order valence-electron chi connectivity index (χ3n) is 5.15. The highest BCUT2D eigenvalue weighted by molar-refractivity contribution is 5.27. The smallest absolute Gasteiger partial charge is 0.0480 e. The van der Waals surface area contributed by atoms with Gasteiger partial charge in [-0.25, -0.2) is 0 Å². The van der Waals surface area contributed by atoms with Gasteiger partial charge in [0.25, 0.3) is 0 Å². The molecule has 0 unspecified atom stereocenters. The van der Waals surface area contributed by atoms with Crippen LogP contribution in [0.1, 0.15) is 36.3 Å². The van der Waals surface area contributed by atoms with Crippen molar-refractivity contribution in [1.82, 2.24) is 4.90 Å². The van der Waals surface area contributed by atoms with Crippen LogP contribution in [0.3, 0.4) is 0 Å². The van der Waals surface area contributed by atoms with Crippen LogP contribution in [0.25, 0.3) is 0 Å². The second-order valence-electron chi connectivity index (χ2n) is 6.06. The Morgan fingerprint density at radius 1 is 1.22 bits per heavy atom. The second kappa shape index (κ2) is 4.67. The van der Waals surface area contributed by atoms with Gasteiger partial charge in [0.1, 0.15) is 0 Å². The van der Waals surface area contributed by atoms with E-state index < -0.39 is 0 Å². The van der Waals surface area contributed by atoms with E-state index in [4.69, 9.17) is 0 Å². The summed E-state index contributed by atoms with van der Waals surface area (Å²) in [5.74, 6) is 0.959. The highest BCUT2D eigenvalue weighted by Gasteiger charge is 2.45. The normalized spacial score (nSPS) is 35.9. The molecule has 3 rings (SSSR count). The van der Waals surface area contributed by atoms with Gasteiger partial charge in [-0.2, -0.15) is 0 Å². The first-order valence-electron chi connectivity index (χ1n) is 7.10. The number of aliphatic hydroxyl groups is 1.